The van der Waals surface area contributed by atoms with Crippen molar-refractivity contribution in [1.82, 2.24) is 15.2 Å². The van der Waals surface area contributed by atoms with Crippen molar-refractivity contribution in [1.29, 1.82) is 0 Å². The lowest BCUT2D eigenvalue weighted by molar-refractivity contribution is 0.175. The predicted octanol–water partition coefficient (Wildman–Crippen LogP) is 2.74. The third-order valence-corrected chi connectivity index (χ3v) is 4.86. The molecule has 1 aromatic carbocycles. The Kier molecular flexibility index (Phi) is 4.47. The van der Waals surface area contributed by atoms with Gasteiger partial charge < -0.3 is 16.0 Å². The zero-order valence-corrected chi connectivity index (χ0v) is 13.7. The lowest BCUT2D eigenvalue weighted by Gasteiger charge is -2.35. The van der Waals surface area contributed by atoms with E-state index in [0.717, 1.165) is 23.2 Å². The molecule has 122 valence electrons. The van der Waals surface area contributed by atoms with E-state index in [1.165, 1.54) is 23.5 Å². The minimum Gasteiger partial charge on any atom is -0.375 e. The Morgan fingerprint density at radius 2 is 2.39 bits per heavy atom. The van der Waals surface area contributed by atoms with E-state index in [1.807, 2.05) is 18.4 Å². The van der Waals surface area contributed by atoms with E-state index in [4.69, 9.17) is 5.73 Å². The third-order valence-electron chi connectivity index (χ3n) is 4.14. The summed E-state index contributed by atoms with van der Waals surface area (Å²) in [6.45, 7) is 3.06. The second kappa shape index (κ2) is 6.54. The molecule has 2 aromatic rings. The number of rotatable bonds is 3. The maximum atomic E-state index is 13.5. The SMILES string of the molecule is CC1c2cc(F)ccc2CCN1C(=O)NCCc1csc(N)n1. The van der Waals surface area contributed by atoms with E-state index >= 15 is 0 Å². The fraction of sp³-hybridized carbons (Fsp3) is 0.375. The van der Waals surface area contributed by atoms with E-state index in [-0.39, 0.29) is 17.9 Å². The van der Waals surface area contributed by atoms with Crippen molar-refractivity contribution < 1.29 is 9.18 Å². The quantitative estimate of drug-likeness (QED) is 0.906. The van der Waals surface area contributed by atoms with Gasteiger partial charge in [0.25, 0.3) is 0 Å². The Morgan fingerprint density at radius 3 is 3.13 bits per heavy atom. The third kappa shape index (κ3) is 3.44. The number of aromatic nitrogens is 1. The predicted molar refractivity (Wildman–Crippen MR) is 88.9 cm³/mol. The number of hydrogen-bond acceptors (Lipinski definition) is 4. The number of anilines is 1. The number of hydrogen-bond donors (Lipinski definition) is 2. The summed E-state index contributed by atoms with van der Waals surface area (Å²) in [4.78, 5) is 18.3. The van der Waals surface area contributed by atoms with Gasteiger partial charge in [0.2, 0.25) is 0 Å². The molecular formula is C16H19FN4OS. The van der Waals surface area contributed by atoms with E-state index < -0.39 is 0 Å². The Balaban J connectivity index is 1.59. The van der Waals surface area contributed by atoms with Crippen molar-refractivity contribution in [3.63, 3.8) is 0 Å². The average molecular weight is 334 g/mol. The first kappa shape index (κ1) is 15.7. The highest BCUT2D eigenvalue weighted by Crippen LogP contribution is 2.29. The van der Waals surface area contributed by atoms with Gasteiger partial charge in [-0.2, -0.15) is 0 Å². The van der Waals surface area contributed by atoms with Crippen molar-refractivity contribution in [2.45, 2.75) is 25.8 Å². The molecule has 1 aliphatic rings. The Bertz CT molecular complexity index is 718. The van der Waals surface area contributed by atoms with Crippen LogP contribution < -0.4 is 11.1 Å². The topological polar surface area (TPSA) is 71.2 Å². The minimum atomic E-state index is -0.265. The molecular weight excluding hydrogens is 315 g/mol. The van der Waals surface area contributed by atoms with Gasteiger partial charge in [-0.25, -0.2) is 14.2 Å². The van der Waals surface area contributed by atoms with Gasteiger partial charge in [0.15, 0.2) is 5.13 Å². The highest BCUT2D eigenvalue weighted by atomic mass is 32.1. The number of thiazole rings is 1. The summed E-state index contributed by atoms with van der Waals surface area (Å²) in [6, 6.07) is 4.54. The molecule has 0 spiro atoms. The molecule has 1 atom stereocenters. The monoisotopic (exact) mass is 334 g/mol. The highest BCUT2D eigenvalue weighted by Gasteiger charge is 2.27. The molecule has 1 aliphatic heterocycles. The molecule has 1 aromatic heterocycles. The van der Waals surface area contributed by atoms with Crippen molar-refractivity contribution >= 4 is 22.5 Å². The van der Waals surface area contributed by atoms with Crippen LogP contribution in [0.25, 0.3) is 0 Å². The van der Waals surface area contributed by atoms with Gasteiger partial charge >= 0.3 is 6.03 Å². The van der Waals surface area contributed by atoms with Gasteiger partial charge in [0.1, 0.15) is 5.82 Å². The first-order valence-corrected chi connectivity index (χ1v) is 8.45. The number of nitrogen functional groups attached to an aromatic ring is 1. The molecule has 0 bridgehead atoms. The van der Waals surface area contributed by atoms with Crippen molar-refractivity contribution in [2.24, 2.45) is 0 Å². The number of amides is 2. The Hall–Kier alpha value is -2.15. The van der Waals surface area contributed by atoms with E-state index in [0.29, 0.717) is 24.6 Å². The van der Waals surface area contributed by atoms with Gasteiger partial charge in [-0.15, -0.1) is 11.3 Å². The molecule has 5 nitrogen and oxygen atoms in total. The molecule has 2 amide bonds. The number of carbonyl (C=O) groups is 1. The molecule has 0 saturated heterocycles. The molecule has 0 saturated carbocycles. The second-order valence-corrected chi connectivity index (χ2v) is 6.51. The molecule has 1 unspecified atom stereocenters. The van der Waals surface area contributed by atoms with Crippen LogP contribution in [0.15, 0.2) is 23.6 Å². The van der Waals surface area contributed by atoms with Gasteiger partial charge in [-0.05, 0) is 36.6 Å². The van der Waals surface area contributed by atoms with Crippen molar-refractivity contribution in [2.75, 3.05) is 18.8 Å². The van der Waals surface area contributed by atoms with Crippen LogP contribution in [-0.4, -0.2) is 29.0 Å². The summed E-state index contributed by atoms with van der Waals surface area (Å²) in [6.07, 6.45) is 1.39. The summed E-state index contributed by atoms with van der Waals surface area (Å²) in [5, 5.41) is 5.33. The summed E-state index contributed by atoms with van der Waals surface area (Å²) in [7, 11) is 0. The normalized spacial score (nSPS) is 17.0. The van der Waals surface area contributed by atoms with Crippen LogP contribution in [0.5, 0.6) is 0 Å². The largest absolute Gasteiger partial charge is 0.375 e. The molecule has 23 heavy (non-hydrogen) atoms. The van der Waals surface area contributed by atoms with Gasteiger partial charge in [0, 0.05) is 24.9 Å². The molecule has 3 rings (SSSR count). The lowest BCUT2D eigenvalue weighted by atomic mass is 9.94. The lowest BCUT2D eigenvalue weighted by Crippen LogP contribution is -2.45. The van der Waals surface area contributed by atoms with Crippen molar-refractivity contribution in [3.8, 4) is 0 Å². The fourth-order valence-corrected chi connectivity index (χ4v) is 3.50. The number of nitrogens with zero attached hydrogens (tertiary/aromatic N) is 2. The summed E-state index contributed by atoms with van der Waals surface area (Å²) >= 11 is 1.39. The molecule has 2 heterocycles. The maximum Gasteiger partial charge on any atom is 0.317 e. The number of nitrogens with two attached hydrogens (primary N) is 1. The van der Waals surface area contributed by atoms with Crippen LogP contribution in [0.2, 0.25) is 0 Å². The van der Waals surface area contributed by atoms with Crippen LogP contribution in [0.3, 0.4) is 0 Å². The summed E-state index contributed by atoms with van der Waals surface area (Å²) in [5.74, 6) is -0.265. The van der Waals surface area contributed by atoms with Crippen molar-refractivity contribution in [3.05, 3.63) is 46.2 Å². The summed E-state index contributed by atoms with van der Waals surface area (Å²) in [5.41, 5.74) is 8.46. The smallest absolute Gasteiger partial charge is 0.317 e. The Morgan fingerprint density at radius 1 is 1.57 bits per heavy atom. The van der Waals surface area contributed by atoms with Gasteiger partial charge in [0.05, 0.1) is 11.7 Å². The zero-order valence-electron chi connectivity index (χ0n) is 12.9. The zero-order chi connectivity index (χ0) is 16.4. The van der Waals surface area contributed by atoms with E-state index in [2.05, 4.69) is 10.3 Å². The number of urea groups is 1. The van der Waals surface area contributed by atoms with Gasteiger partial charge in [-0.3, -0.25) is 0 Å². The molecule has 0 radical (unpaired) electrons. The molecule has 7 heteroatoms. The van der Waals surface area contributed by atoms with Crippen LogP contribution in [0, 0.1) is 5.82 Å². The number of carbonyl (C=O) groups excluding carboxylic acids is 1. The fourth-order valence-electron chi connectivity index (χ4n) is 2.90. The van der Waals surface area contributed by atoms with Crippen LogP contribution >= 0.6 is 11.3 Å². The Labute approximate surface area is 138 Å². The number of fused-ring (bicyclic) bond motifs is 1. The summed E-state index contributed by atoms with van der Waals surface area (Å²) < 4.78 is 13.5. The molecule has 3 N–H and O–H groups in total. The van der Waals surface area contributed by atoms with E-state index in [9.17, 15) is 9.18 Å². The first-order chi connectivity index (χ1) is 11.0. The average Bonchev–Trinajstić information content (AvgIpc) is 2.93. The molecule has 0 aliphatic carbocycles. The minimum absolute atomic E-state index is 0.129. The van der Waals surface area contributed by atoms with Gasteiger partial charge in [-0.1, -0.05) is 6.07 Å². The number of benzene rings is 1. The highest BCUT2D eigenvalue weighted by molar-refractivity contribution is 7.13. The standard InChI is InChI=1S/C16H19FN4OS/c1-10-14-8-12(17)3-2-11(14)5-7-21(10)16(22)19-6-4-13-9-23-15(18)20-13/h2-3,8-10H,4-7H2,1H3,(H2,18,20)(H,19,22). The maximum absolute atomic E-state index is 13.5. The second-order valence-electron chi connectivity index (χ2n) is 5.62. The van der Waals surface area contributed by atoms with Crippen LogP contribution in [-0.2, 0) is 12.8 Å². The number of halogens is 1. The number of nitrogens with one attached hydrogen (secondary N) is 1. The molecule has 0 fully saturated rings. The van der Waals surface area contributed by atoms with Crippen LogP contribution in [0.1, 0.15) is 29.8 Å². The van der Waals surface area contributed by atoms with Crippen LogP contribution in [0.4, 0.5) is 14.3 Å². The van der Waals surface area contributed by atoms with E-state index in [1.54, 1.807) is 4.90 Å². The first-order valence-electron chi connectivity index (χ1n) is 7.57.